The molecular weight excluding hydrogens is 240 g/mol. The van der Waals surface area contributed by atoms with Gasteiger partial charge in [-0.05, 0) is 25.8 Å². The summed E-state index contributed by atoms with van der Waals surface area (Å²) in [7, 11) is 0. The maximum Gasteiger partial charge on any atom is 0.328 e. The Kier molecular flexibility index (Phi) is 4.24. The molecule has 0 bridgehead atoms. The van der Waals surface area contributed by atoms with Gasteiger partial charge >= 0.3 is 5.69 Å². The third-order valence-corrected chi connectivity index (χ3v) is 3.42. The molecule has 0 fully saturated rings. The third kappa shape index (κ3) is 2.97. The van der Waals surface area contributed by atoms with Crippen molar-refractivity contribution in [1.82, 2.24) is 18.9 Å². The zero-order valence-electron chi connectivity index (χ0n) is 11.9. The molecule has 1 atom stereocenters. The summed E-state index contributed by atoms with van der Waals surface area (Å²) >= 11 is 0. The molecular formula is C14H22N4O. The molecule has 2 aromatic rings. The van der Waals surface area contributed by atoms with Crippen LogP contribution in [0.5, 0.6) is 0 Å². The predicted octanol–water partition coefficient (Wildman–Crippen LogP) is 2.28. The fourth-order valence-electron chi connectivity index (χ4n) is 2.05. The van der Waals surface area contributed by atoms with Crippen LogP contribution in [0.4, 0.5) is 0 Å². The molecule has 0 N–H and O–H groups in total. The molecule has 19 heavy (non-hydrogen) atoms. The molecule has 2 rings (SSSR count). The van der Waals surface area contributed by atoms with E-state index in [-0.39, 0.29) is 5.69 Å². The lowest BCUT2D eigenvalue weighted by Crippen LogP contribution is -2.24. The van der Waals surface area contributed by atoms with Crippen molar-refractivity contribution < 1.29 is 0 Å². The summed E-state index contributed by atoms with van der Waals surface area (Å²) in [5, 5.41) is 4.52. The largest absolute Gasteiger partial charge is 0.328 e. The van der Waals surface area contributed by atoms with E-state index in [1.165, 1.54) is 0 Å². The summed E-state index contributed by atoms with van der Waals surface area (Å²) in [5.74, 6) is 0. The molecule has 0 aliphatic carbocycles. The zero-order valence-corrected chi connectivity index (χ0v) is 11.9. The molecule has 0 amide bonds. The van der Waals surface area contributed by atoms with Crippen molar-refractivity contribution in [2.45, 2.75) is 52.7 Å². The van der Waals surface area contributed by atoms with Gasteiger partial charge in [-0.2, -0.15) is 5.10 Å². The minimum atomic E-state index is 0.0416. The van der Waals surface area contributed by atoms with E-state index in [0.29, 0.717) is 12.6 Å². The van der Waals surface area contributed by atoms with Crippen LogP contribution in [0.25, 0.3) is 0 Å². The maximum absolute atomic E-state index is 12.1. The van der Waals surface area contributed by atoms with Gasteiger partial charge in [-0.3, -0.25) is 13.8 Å². The quantitative estimate of drug-likeness (QED) is 0.801. The van der Waals surface area contributed by atoms with Crippen LogP contribution in [0.1, 0.15) is 45.3 Å². The van der Waals surface area contributed by atoms with Gasteiger partial charge in [0.05, 0.1) is 12.2 Å². The van der Waals surface area contributed by atoms with E-state index in [1.807, 2.05) is 29.3 Å². The average Bonchev–Trinajstić information content (AvgIpc) is 3.00. The molecule has 5 heteroatoms. The van der Waals surface area contributed by atoms with E-state index < -0.39 is 0 Å². The van der Waals surface area contributed by atoms with Crippen molar-refractivity contribution >= 4 is 0 Å². The first-order chi connectivity index (χ1) is 9.15. The van der Waals surface area contributed by atoms with E-state index in [4.69, 9.17) is 0 Å². The van der Waals surface area contributed by atoms with Crippen LogP contribution in [0.2, 0.25) is 0 Å². The Morgan fingerprint density at radius 3 is 2.63 bits per heavy atom. The number of hydrogen-bond acceptors (Lipinski definition) is 2. The van der Waals surface area contributed by atoms with Crippen molar-refractivity contribution in [3.05, 3.63) is 40.8 Å². The van der Waals surface area contributed by atoms with Crippen LogP contribution < -0.4 is 5.69 Å². The summed E-state index contributed by atoms with van der Waals surface area (Å²) in [4.78, 5) is 12.1. The van der Waals surface area contributed by atoms with E-state index in [2.05, 4.69) is 25.9 Å². The van der Waals surface area contributed by atoms with Crippen molar-refractivity contribution in [3.8, 4) is 0 Å². The molecule has 104 valence electrons. The Bertz CT molecular complexity index is 578. The van der Waals surface area contributed by atoms with Gasteiger partial charge < -0.3 is 0 Å². The average molecular weight is 262 g/mol. The van der Waals surface area contributed by atoms with Gasteiger partial charge in [0.1, 0.15) is 0 Å². The highest BCUT2D eigenvalue weighted by molar-refractivity contribution is 5.01. The van der Waals surface area contributed by atoms with Crippen LogP contribution in [0, 0.1) is 0 Å². The van der Waals surface area contributed by atoms with Crippen molar-refractivity contribution in [3.63, 3.8) is 0 Å². The fraction of sp³-hybridized carbons (Fsp3) is 0.571. The lowest BCUT2D eigenvalue weighted by atomic mass is 10.3. The Balaban J connectivity index is 2.13. The Labute approximate surface area is 113 Å². The van der Waals surface area contributed by atoms with Crippen LogP contribution >= 0.6 is 0 Å². The SMILES string of the molecule is CCCn1ccn(Cc2ccn(C(C)CC)n2)c1=O. The van der Waals surface area contributed by atoms with E-state index >= 15 is 0 Å². The number of rotatable bonds is 6. The zero-order chi connectivity index (χ0) is 13.8. The fourth-order valence-corrected chi connectivity index (χ4v) is 2.05. The lowest BCUT2D eigenvalue weighted by Gasteiger charge is -2.08. The first-order valence-corrected chi connectivity index (χ1v) is 6.95. The molecule has 0 aliphatic heterocycles. The topological polar surface area (TPSA) is 44.8 Å². The number of imidazole rings is 1. The maximum atomic E-state index is 12.1. The third-order valence-electron chi connectivity index (χ3n) is 3.42. The second kappa shape index (κ2) is 5.91. The first-order valence-electron chi connectivity index (χ1n) is 6.95. The summed E-state index contributed by atoms with van der Waals surface area (Å²) in [5.41, 5.74) is 0.969. The van der Waals surface area contributed by atoms with Gasteiger partial charge in [0.2, 0.25) is 0 Å². The van der Waals surface area contributed by atoms with Gasteiger partial charge in [0.15, 0.2) is 0 Å². The predicted molar refractivity (Wildman–Crippen MR) is 75.3 cm³/mol. The molecule has 1 unspecified atom stereocenters. The summed E-state index contributed by atoms with van der Waals surface area (Å²) in [6, 6.07) is 2.38. The molecule has 2 aromatic heterocycles. The second-order valence-electron chi connectivity index (χ2n) is 4.95. The molecule has 0 radical (unpaired) electrons. The molecule has 5 nitrogen and oxygen atoms in total. The van der Waals surface area contributed by atoms with E-state index in [1.54, 1.807) is 9.13 Å². The summed E-state index contributed by atoms with van der Waals surface area (Å²) in [6.07, 6.45) is 7.68. The summed E-state index contributed by atoms with van der Waals surface area (Å²) < 4.78 is 5.41. The van der Waals surface area contributed by atoms with Gasteiger partial charge in [0.25, 0.3) is 0 Å². The highest BCUT2D eigenvalue weighted by atomic mass is 16.1. The molecule has 0 aromatic carbocycles. The van der Waals surface area contributed by atoms with Crippen molar-refractivity contribution in [1.29, 1.82) is 0 Å². The van der Waals surface area contributed by atoms with Gasteiger partial charge in [-0.1, -0.05) is 13.8 Å². The highest BCUT2D eigenvalue weighted by Crippen LogP contribution is 2.09. The van der Waals surface area contributed by atoms with Crippen LogP contribution in [-0.4, -0.2) is 18.9 Å². The minimum absolute atomic E-state index is 0.0416. The molecule has 0 spiro atoms. The van der Waals surface area contributed by atoms with Gasteiger partial charge in [0, 0.05) is 31.2 Å². The van der Waals surface area contributed by atoms with Crippen LogP contribution in [-0.2, 0) is 13.1 Å². The molecule has 0 aliphatic rings. The first kappa shape index (κ1) is 13.6. The minimum Gasteiger partial charge on any atom is -0.299 e. The number of hydrogen-bond donors (Lipinski definition) is 0. The smallest absolute Gasteiger partial charge is 0.299 e. The lowest BCUT2D eigenvalue weighted by molar-refractivity contribution is 0.471. The Morgan fingerprint density at radius 2 is 1.95 bits per heavy atom. The number of aryl methyl sites for hydroxylation is 1. The van der Waals surface area contributed by atoms with E-state index in [9.17, 15) is 4.79 Å². The molecule has 0 saturated heterocycles. The second-order valence-corrected chi connectivity index (χ2v) is 4.95. The number of aromatic nitrogens is 4. The summed E-state index contributed by atoms with van der Waals surface area (Å²) in [6.45, 7) is 7.66. The van der Waals surface area contributed by atoms with Gasteiger partial charge in [-0.15, -0.1) is 0 Å². The highest BCUT2D eigenvalue weighted by Gasteiger charge is 2.07. The standard InChI is InChI=1S/C14H22N4O/c1-4-7-16-9-10-17(14(16)19)11-13-6-8-18(15-13)12(3)5-2/h6,8-10,12H,4-5,7,11H2,1-3H3. The van der Waals surface area contributed by atoms with Crippen molar-refractivity contribution in [2.75, 3.05) is 0 Å². The monoisotopic (exact) mass is 262 g/mol. The van der Waals surface area contributed by atoms with Crippen LogP contribution in [0.15, 0.2) is 29.5 Å². The van der Waals surface area contributed by atoms with Gasteiger partial charge in [-0.25, -0.2) is 4.79 Å². The van der Waals surface area contributed by atoms with Crippen molar-refractivity contribution in [2.24, 2.45) is 0 Å². The number of nitrogens with zero attached hydrogens (tertiary/aromatic N) is 4. The van der Waals surface area contributed by atoms with E-state index in [0.717, 1.165) is 25.1 Å². The Hall–Kier alpha value is -1.78. The molecule has 2 heterocycles. The normalized spacial score (nSPS) is 12.8. The Morgan fingerprint density at radius 1 is 1.21 bits per heavy atom. The van der Waals surface area contributed by atoms with Crippen LogP contribution in [0.3, 0.4) is 0 Å². The molecule has 0 saturated carbocycles.